The summed E-state index contributed by atoms with van der Waals surface area (Å²) in [5, 5.41) is 14.8. The van der Waals surface area contributed by atoms with Gasteiger partial charge in [-0.05, 0) is 43.5 Å². The van der Waals surface area contributed by atoms with Crippen molar-refractivity contribution in [3.05, 3.63) is 24.3 Å². The number of hydrogen-bond acceptors (Lipinski definition) is 8. The Bertz CT molecular complexity index is 923. The van der Waals surface area contributed by atoms with Crippen molar-refractivity contribution in [2.75, 3.05) is 36.0 Å². The summed E-state index contributed by atoms with van der Waals surface area (Å²) in [6.07, 6.45) is 4.94. The maximum Gasteiger partial charge on any atom is 0.243 e. The van der Waals surface area contributed by atoms with Crippen molar-refractivity contribution < 1.29 is 13.2 Å². The minimum absolute atomic E-state index is 0.179. The highest BCUT2D eigenvalue weighted by Crippen LogP contribution is 2.26. The third-order valence-electron chi connectivity index (χ3n) is 4.60. The number of rotatable bonds is 9. The molecule has 2 N–H and O–H groups in total. The molecule has 30 heavy (non-hydrogen) atoms. The van der Waals surface area contributed by atoms with Gasteiger partial charge < -0.3 is 10.6 Å². The summed E-state index contributed by atoms with van der Waals surface area (Å²) in [5.41, 5.74) is 0.568. The molecule has 2 aromatic rings. The molecule has 8 nitrogen and oxygen atoms in total. The van der Waals surface area contributed by atoms with Crippen molar-refractivity contribution in [2.45, 2.75) is 48.3 Å². The van der Waals surface area contributed by atoms with Crippen LogP contribution in [0.5, 0.6) is 0 Å². The van der Waals surface area contributed by atoms with Gasteiger partial charge in [0.05, 0.1) is 10.6 Å². The fraction of sp³-hybridized carbons (Fsp3) is 0.526. The van der Waals surface area contributed by atoms with Crippen LogP contribution in [0.2, 0.25) is 0 Å². The molecule has 164 valence electrons. The van der Waals surface area contributed by atoms with E-state index in [-0.39, 0.29) is 16.6 Å². The molecule has 2 heterocycles. The lowest BCUT2D eigenvalue weighted by molar-refractivity contribution is -0.113. The zero-order valence-electron chi connectivity index (χ0n) is 17.0. The van der Waals surface area contributed by atoms with Gasteiger partial charge in [-0.2, -0.15) is 4.31 Å². The van der Waals surface area contributed by atoms with Gasteiger partial charge in [-0.1, -0.05) is 42.9 Å². The number of thioether (sulfide) groups is 1. The van der Waals surface area contributed by atoms with E-state index in [1.807, 2.05) is 0 Å². The maximum absolute atomic E-state index is 12.8. The Morgan fingerprint density at radius 3 is 2.50 bits per heavy atom. The molecule has 1 fully saturated rings. The van der Waals surface area contributed by atoms with Crippen LogP contribution in [0.3, 0.4) is 0 Å². The number of nitrogens with one attached hydrogen (secondary N) is 2. The van der Waals surface area contributed by atoms with Crippen molar-refractivity contribution in [3.8, 4) is 0 Å². The van der Waals surface area contributed by atoms with E-state index in [9.17, 15) is 13.2 Å². The minimum Gasteiger partial charge on any atom is -0.360 e. The van der Waals surface area contributed by atoms with E-state index in [1.54, 1.807) is 28.6 Å². The van der Waals surface area contributed by atoms with Crippen molar-refractivity contribution in [1.82, 2.24) is 14.5 Å². The van der Waals surface area contributed by atoms with Gasteiger partial charge in [-0.3, -0.25) is 4.79 Å². The van der Waals surface area contributed by atoms with Crippen LogP contribution in [0.1, 0.15) is 39.0 Å². The lowest BCUT2D eigenvalue weighted by atomic mass is 10.2. The molecular formula is C19H27N5O3S3. The molecule has 0 atom stereocenters. The smallest absolute Gasteiger partial charge is 0.243 e. The number of amides is 1. The Morgan fingerprint density at radius 1 is 1.13 bits per heavy atom. The first-order chi connectivity index (χ1) is 14.5. The maximum atomic E-state index is 12.8. The van der Waals surface area contributed by atoms with Gasteiger partial charge in [0.25, 0.3) is 0 Å². The largest absolute Gasteiger partial charge is 0.360 e. The molecule has 0 aliphatic carbocycles. The third kappa shape index (κ3) is 6.40. The van der Waals surface area contributed by atoms with Crippen LogP contribution < -0.4 is 10.6 Å². The molecule has 0 spiro atoms. The number of carbonyl (C=O) groups is 1. The first kappa shape index (κ1) is 23.0. The number of benzene rings is 1. The van der Waals surface area contributed by atoms with E-state index in [2.05, 4.69) is 27.8 Å². The number of aromatic nitrogens is 2. The zero-order chi connectivity index (χ0) is 21.4. The second-order valence-corrected chi connectivity index (χ2v) is 11.1. The van der Waals surface area contributed by atoms with Crippen LogP contribution >= 0.6 is 23.1 Å². The van der Waals surface area contributed by atoms with Gasteiger partial charge in [0.2, 0.25) is 21.1 Å². The highest BCUT2D eigenvalue weighted by Gasteiger charge is 2.25. The van der Waals surface area contributed by atoms with Gasteiger partial charge in [-0.25, -0.2) is 8.42 Å². The normalized spacial score (nSPS) is 15.5. The number of carbonyl (C=O) groups excluding carboxylic acids is 1. The fourth-order valence-corrected chi connectivity index (χ4v) is 6.13. The van der Waals surface area contributed by atoms with Crippen LogP contribution in [0.25, 0.3) is 0 Å². The summed E-state index contributed by atoms with van der Waals surface area (Å²) in [6, 6.07) is 6.37. The SMILES string of the molecule is CCCNc1nnc(SCC(=O)Nc2ccc(S(=O)(=O)N3CCCCCC3)cc2)s1. The van der Waals surface area contributed by atoms with Crippen molar-refractivity contribution in [3.63, 3.8) is 0 Å². The van der Waals surface area contributed by atoms with E-state index in [0.717, 1.165) is 48.1 Å². The molecule has 1 amide bonds. The molecule has 0 bridgehead atoms. The lowest BCUT2D eigenvalue weighted by Crippen LogP contribution is -2.31. The minimum atomic E-state index is -3.48. The molecule has 0 radical (unpaired) electrons. The molecule has 1 aromatic heterocycles. The first-order valence-electron chi connectivity index (χ1n) is 10.1. The van der Waals surface area contributed by atoms with E-state index in [0.29, 0.717) is 18.8 Å². The predicted octanol–water partition coefficient (Wildman–Crippen LogP) is 3.66. The van der Waals surface area contributed by atoms with Gasteiger partial charge in [0, 0.05) is 25.3 Å². The second kappa shape index (κ2) is 11.1. The number of anilines is 2. The summed E-state index contributed by atoms with van der Waals surface area (Å²) < 4.78 is 27.9. The van der Waals surface area contributed by atoms with E-state index in [1.165, 1.54) is 23.1 Å². The Balaban J connectivity index is 1.52. The zero-order valence-corrected chi connectivity index (χ0v) is 19.4. The quantitative estimate of drug-likeness (QED) is 0.540. The van der Waals surface area contributed by atoms with Crippen LogP contribution in [-0.4, -0.2) is 54.2 Å². The van der Waals surface area contributed by atoms with E-state index in [4.69, 9.17) is 0 Å². The highest BCUT2D eigenvalue weighted by atomic mass is 32.2. The Hall–Kier alpha value is -1.69. The van der Waals surface area contributed by atoms with Gasteiger partial charge in [0.1, 0.15) is 0 Å². The number of sulfonamides is 1. The van der Waals surface area contributed by atoms with E-state index < -0.39 is 10.0 Å². The number of nitrogens with zero attached hydrogens (tertiary/aromatic N) is 3. The van der Waals surface area contributed by atoms with Gasteiger partial charge in [0.15, 0.2) is 4.34 Å². The molecule has 1 aliphatic heterocycles. The molecule has 0 unspecified atom stereocenters. The van der Waals surface area contributed by atoms with Crippen LogP contribution in [0.4, 0.5) is 10.8 Å². The average molecular weight is 470 g/mol. The second-order valence-electron chi connectivity index (χ2n) is 6.98. The topological polar surface area (TPSA) is 104 Å². The Morgan fingerprint density at radius 2 is 1.83 bits per heavy atom. The fourth-order valence-electron chi connectivity index (χ4n) is 3.04. The molecule has 0 saturated carbocycles. The summed E-state index contributed by atoms with van der Waals surface area (Å²) >= 11 is 2.74. The van der Waals surface area contributed by atoms with Gasteiger partial charge >= 0.3 is 0 Å². The molecular weight excluding hydrogens is 442 g/mol. The van der Waals surface area contributed by atoms with Crippen molar-refractivity contribution in [1.29, 1.82) is 0 Å². The van der Waals surface area contributed by atoms with Crippen molar-refractivity contribution >= 4 is 49.8 Å². The Labute approximate surface area is 185 Å². The average Bonchev–Trinajstić information content (AvgIpc) is 3.01. The molecule has 3 rings (SSSR count). The van der Waals surface area contributed by atoms with Gasteiger partial charge in [-0.15, -0.1) is 10.2 Å². The summed E-state index contributed by atoms with van der Waals surface area (Å²) in [7, 11) is -3.48. The monoisotopic (exact) mass is 469 g/mol. The molecule has 1 saturated heterocycles. The molecule has 1 aliphatic rings. The standard InChI is InChI=1S/C19H27N5O3S3/c1-2-11-20-18-22-23-19(29-18)28-14-17(25)21-15-7-9-16(10-8-15)30(26,27)24-12-5-3-4-6-13-24/h7-10H,2-6,11-14H2,1H3,(H,20,22)(H,21,25). The van der Waals surface area contributed by atoms with Crippen LogP contribution in [0, 0.1) is 0 Å². The third-order valence-corrected chi connectivity index (χ3v) is 8.53. The van der Waals surface area contributed by atoms with E-state index >= 15 is 0 Å². The molecule has 1 aromatic carbocycles. The summed E-state index contributed by atoms with van der Waals surface area (Å²) in [5.74, 6) is 0.0253. The van der Waals surface area contributed by atoms with Crippen LogP contribution in [-0.2, 0) is 14.8 Å². The summed E-state index contributed by atoms with van der Waals surface area (Å²) in [4.78, 5) is 12.5. The predicted molar refractivity (Wildman–Crippen MR) is 122 cm³/mol. The Kier molecular flexibility index (Phi) is 8.49. The summed E-state index contributed by atoms with van der Waals surface area (Å²) in [6.45, 7) is 4.05. The highest BCUT2D eigenvalue weighted by molar-refractivity contribution is 8.01. The first-order valence-corrected chi connectivity index (χ1v) is 13.3. The van der Waals surface area contributed by atoms with Crippen LogP contribution in [0.15, 0.2) is 33.5 Å². The lowest BCUT2D eigenvalue weighted by Gasteiger charge is -2.20. The number of hydrogen-bond donors (Lipinski definition) is 2. The van der Waals surface area contributed by atoms with Crippen molar-refractivity contribution in [2.24, 2.45) is 0 Å². The molecule has 11 heteroatoms.